The second-order valence-electron chi connectivity index (χ2n) is 7.02. The van der Waals surface area contributed by atoms with Crippen molar-refractivity contribution in [1.29, 1.82) is 0 Å². The molecule has 3 aromatic rings. The molecule has 1 aliphatic rings. The SMILES string of the molecule is Cn1nc(C(=O)Nc2c(F)cccc2F)cc1-c1cnc(C2CC2)cc1C(F)(F)F. The van der Waals surface area contributed by atoms with Crippen LogP contribution in [0.1, 0.15) is 40.5 Å². The maximum absolute atomic E-state index is 13.8. The first-order valence-corrected chi connectivity index (χ1v) is 9.02. The number of anilines is 1. The topological polar surface area (TPSA) is 59.8 Å². The third-order valence-electron chi connectivity index (χ3n) is 4.82. The molecule has 30 heavy (non-hydrogen) atoms. The molecule has 1 aliphatic carbocycles. The first-order valence-electron chi connectivity index (χ1n) is 9.02. The highest BCUT2D eigenvalue weighted by Gasteiger charge is 2.37. The highest BCUT2D eigenvalue weighted by atomic mass is 19.4. The van der Waals surface area contributed by atoms with E-state index in [-0.39, 0.29) is 22.9 Å². The van der Waals surface area contributed by atoms with Gasteiger partial charge in [-0.05, 0) is 37.1 Å². The molecule has 2 heterocycles. The highest BCUT2D eigenvalue weighted by Crippen LogP contribution is 2.43. The van der Waals surface area contributed by atoms with Crippen molar-refractivity contribution in [2.24, 2.45) is 7.05 Å². The summed E-state index contributed by atoms with van der Waals surface area (Å²) in [5.41, 5.74) is -1.71. The fourth-order valence-electron chi connectivity index (χ4n) is 3.14. The van der Waals surface area contributed by atoms with Gasteiger partial charge in [-0.25, -0.2) is 8.78 Å². The Kier molecular flexibility index (Phi) is 4.79. The van der Waals surface area contributed by atoms with Gasteiger partial charge in [0.05, 0.1) is 11.3 Å². The summed E-state index contributed by atoms with van der Waals surface area (Å²) in [6, 6.07) is 5.21. The average molecular weight is 422 g/mol. The zero-order valence-corrected chi connectivity index (χ0v) is 15.6. The number of hydrogen-bond acceptors (Lipinski definition) is 3. The van der Waals surface area contributed by atoms with E-state index < -0.39 is 35.0 Å². The number of alkyl halides is 3. The number of nitrogens with zero attached hydrogens (tertiary/aromatic N) is 3. The molecular formula is C20H15F5N4O. The smallest absolute Gasteiger partial charge is 0.316 e. The molecule has 0 atom stereocenters. The van der Waals surface area contributed by atoms with Crippen molar-refractivity contribution < 1.29 is 26.7 Å². The van der Waals surface area contributed by atoms with E-state index in [1.165, 1.54) is 7.05 Å². The van der Waals surface area contributed by atoms with Crippen LogP contribution in [0.15, 0.2) is 36.5 Å². The molecule has 2 aromatic heterocycles. The van der Waals surface area contributed by atoms with E-state index in [9.17, 15) is 26.7 Å². The van der Waals surface area contributed by atoms with Gasteiger partial charge in [-0.1, -0.05) is 6.07 Å². The fourth-order valence-corrected chi connectivity index (χ4v) is 3.14. The van der Waals surface area contributed by atoms with Crippen LogP contribution in [0.3, 0.4) is 0 Å². The lowest BCUT2D eigenvalue weighted by atomic mass is 10.0. The number of para-hydroxylation sites is 1. The molecule has 1 aromatic carbocycles. The van der Waals surface area contributed by atoms with Gasteiger partial charge >= 0.3 is 6.18 Å². The van der Waals surface area contributed by atoms with Crippen molar-refractivity contribution in [3.8, 4) is 11.3 Å². The van der Waals surface area contributed by atoms with Crippen LogP contribution in [0.25, 0.3) is 11.3 Å². The molecule has 4 rings (SSSR count). The van der Waals surface area contributed by atoms with Crippen LogP contribution in [0.4, 0.5) is 27.6 Å². The molecule has 0 spiro atoms. The molecule has 1 saturated carbocycles. The fraction of sp³-hybridized carbons (Fsp3) is 0.250. The largest absolute Gasteiger partial charge is 0.417 e. The van der Waals surface area contributed by atoms with Crippen molar-refractivity contribution in [2.75, 3.05) is 5.32 Å². The van der Waals surface area contributed by atoms with Gasteiger partial charge in [0.1, 0.15) is 17.3 Å². The summed E-state index contributed by atoms with van der Waals surface area (Å²) in [4.78, 5) is 16.5. The minimum Gasteiger partial charge on any atom is -0.316 e. The van der Waals surface area contributed by atoms with Crippen molar-refractivity contribution >= 4 is 11.6 Å². The van der Waals surface area contributed by atoms with Crippen LogP contribution >= 0.6 is 0 Å². The lowest BCUT2D eigenvalue weighted by molar-refractivity contribution is -0.137. The normalized spacial score (nSPS) is 14.1. The van der Waals surface area contributed by atoms with Gasteiger partial charge in [0.25, 0.3) is 5.91 Å². The van der Waals surface area contributed by atoms with E-state index in [4.69, 9.17) is 0 Å². The number of pyridine rings is 1. The molecule has 0 bridgehead atoms. The van der Waals surface area contributed by atoms with Crippen LogP contribution in [0.2, 0.25) is 0 Å². The van der Waals surface area contributed by atoms with Crippen molar-refractivity contribution in [2.45, 2.75) is 24.9 Å². The monoisotopic (exact) mass is 422 g/mol. The van der Waals surface area contributed by atoms with E-state index in [1.54, 1.807) is 0 Å². The summed E-state index contributed by atoms with van der Waals surface area (Å²) in [6.07, 6.45) is -1.92. The lowest BCUT2D eigenvalue weighted by Gasteiger charge is -2.14. The Hall–Kier alpha value is -3.30. The number of halogens is 5. The number of nitrogens with one attached hydrogen (secondary N) is 1. The Bertz CT molecular complexity index is 1110. The maximum atomic E-state index is 13.8. The average Bonchev–Trinajstić information content (AvgIpc) is 3.45. The highest BCUT2D eigenvalue weighted by molar-refractivity contribution is 6.03. The number of benzene rings is 1. The number of aryl methyl sites for hydroxylation is 1. The van der Waals surface area contributed by atoms with Gasteiger partial charge in [-0.3, -0.25) is 14.5 Å². The Morgan fingerprint density at radius 2 is 1.83 bits per heavy atom. The number of amides is 1. The van der Waals surface area contributed by atoms with E-state index >= 15 is 0 Å². The molecule has 156 valence electrons. The number of hydrogen-bond donors (Lipinski definition) is 1. The Morgan fingerprint density at radius 3 is 2.43 bits per heavy atom. The first-order chi connectivity index (χ1) is 14.1. The summed E-state index contributed by atoms with van der Waals surface area (Å²) in [5.74, 6) is -2.90. The Morgan fingerprint density at radius 1 is 1.17 bits per heavy atom. The molecule has 1 fully saturated rings. The Labute approximate surface area is 167 Å². The predicted octanol–water partition coefficient (Wildman–Crippen LogP) is 4.91. The minimum absolute atomic E-state index is 0.00340. The van der Waals surface area contributed by atoms with Gasteiger partial charge in [0.2, 0.25) is 0 Å². The van der Waals surface area contributed by atoms with Gasteiger partial charge in [-0.2, -0.15) is 18.3 Å². The summed E-state index contributed by atoms with van der Waals surface area (Å²) in [7, 11) is 1.37. The Balaban J connectivity index is 1.70. The van der Waals surface area contributed by atoms with Crippen LogP contribution in [0, 0.1) is 11.6 Å². The third-order valence-corrected chi connectivity index (χ3v) is 4.82. The molecule has 0 aliphatic heterocycles. The summed E-state index contributed by atoms with van der Waals surface area (Å²) < 4.78 is 69.6. The van der Waals surface area contributed by atoms with Crippen molar-refractivity contribution in [3.63, 3.8) is 0 Å². The second kappa shape index (κ2) is 7.19. The summed E-state index contributed by atoms with van der Waals surface area (Å²) in [6.45, 7) is 0. The molecule has 0 saturated heterocycles. The lowest BCUT2D eigenvalue weighted by Crippen LogP contribution is -2.15. The quantitative estimate of drug-likeness (QED) is 0.608. The zero-order chi connectivity index (χ0) is 21.6. The van der Waals surface area contributed by atoms with Crippen LogP contribution in [-0.4, -0.2) is 20.7 Å². The van der Waals surface area contributed by atoms with Gasteiger partial charge in [-0.15, -0.1) is 0 Å². The molecule has 1 amide bonds. The van der Waals surface area contributed by atoms with Gasteiger partial charge in [0.15, 0.2) is 5.69 Å². The van der Waals surface area contributed by atoms with E-state index in [0.717, 1.165) is 54.1 Å². The van der Waals surface area contributed by atoms with Crippen LogP contribution in [0.5, 0.6) is 0 Å². The standard InChI is InChI=1S/C20H15F5N4O/c1-29-17(11-9-26-15(10-5-6-10)7-12(11)20(23,24)25)8-16(28-29)19(30)27-18-13(21)3-2-4-14(18)22/h2-4,7-10H,5-6H2,1H3,(H,27,30). The number of rotatable bonds is 4. The van der Waals surface area contributed by atoms with Crippen LogP contribution in [-0.2, 0) is 13.2 Å². The molecule has 10 heteroatoms. The molecule has 5 nitrogen and oxygen atoms in total. The second-order valence-corrected chi connectivity index (χ2v) is 7.02. The van der Waals surface area contributed by atoms with E-state index in [1.807, 2.05) is 0 Å². The van der Waals surface area contributed by atoms with Crippen molar-refractivity contribution in [1.82, 2.24) is 14.8 Å². The number of carbonyl (C=O) groups is 1. The summed E-state index contributed by atoms with van der Waals surface area (Å²) >= 11 is 0. The molecule has 0 radical (unpaired) electrons. The van der Waals surface area contributed by atoms with E-state index in [2.05, 4.69) is 15.4 Å². The third kappa shape index (κ3) is 3.77. The molecular weight excluding hydrogens is 407 g/mol. The van der Waals surface area contributed by atoms with Gasteiger partial charge in [0, 0.05) is 30.4 Å². The first kappa shape index (κ1) is 20.0. The van der Waals surface area contributed by atoms with Crippen molar-refractivity contribution in [3.05, 3.63) is 65.1 Å². The predicted molar refractivity (Wildman–Crippen MR) is 97.7 cm³/mol. The van der Waals surface area contributed by atoms with Crippen LogP contribution < -0.4 is 5.32 Å². The summed E-state index contributed by atoms with van der Waals surface area (Å²) in [5, 5.41) is 5.96. The number of carbonyl (C=O) groups excluding carboxylic acids is 1. The zero-order valence-electron chi connectivity index (χ0n) is 15.6. The van der Waals surface area contributed by atoms with E-state index in [0.29, 0.717) is 5.69 Å². The molecule has 1 N–H and O–H groups in total. The maximum Gasteiger partial charge on any atom is 0.417 e. The number of aromatic nitrogens is 3. The molecule has 0 unspecified atom stereocenters. The van der Waals surface area contributed by atoms with Gasteiger partial charge < -0.3 is 5.32 Å². The minimum atomic E-state index is -4.63.